The summed E-state index contributed by atoms with van der Waals surface area (Å²) in [6.07, 6.45) is 2.12. The third-order valence-electron chi connectivity index (χ3n) is 3.05. The van der Waals surface area contributed by atoms with Crippen LogP contribution in [0, 0.1) is 0 Å². The Bertz CT molecular complexity index is 273. The maximum atomic E-state index is 11.3. The van der Waals surface area contributed by atoms with Gasteiger partial charge in [0.05, 0.1) is 13.2 Å². The van der Waals surface area contributed by atoms with Gasteiger partial charge in [0.1, 0.15) is 5.54 Å². The van der Waals surface area contributed by atoms with Crippen molar-refractivity contribution < 1.29 is 24.1 Å². The highest BCUT2D eigenvalue weighted by Crippen LogP contribution is 2.14. The topological polar surface area (TPSA) is 77.0 Å². The molecule has 0 saturated carbocycles. The first-order valence-corrected chi connectivity index (χ1v) is 7.58. The molecule has 0 aromatic heterocycles. The van der Waals surface area contributed by atoms with E-state index in [-0.39, 0.29) is 6.04 Å². The molecule has 6 nitrogen and oxygen atoms in total. The van der Waals surface area contributed by atoms with Crippen molar-refractivity contribution in [3.8, 4) is 0 Å². The number of carbonyl (C=O) groups is 1. The number of methoxy groups -OCH3 is 1. The van der Waals surface area contributed by atoms with Gasteiger partial charge in [0.2, 0.25) is 0 Å². The zero-order valence-electron chi connectivity index (χ0n) is 13.8. The summed E-state index contributed by atoms with van der Waals surface area (Å²) in [5.41, 5.74) is -0.895. The minimum atomic E-state index is -0.895. The molecule has 0 aliphatic rings. The summed E-state index contributed by atoms with van der Waals surface area (Å²) in [5.74, 6) is -0.822. The van der Waals surface area contributed by atoms with Gasteiger partial charge in [-0.3, -0.25) is 10.1 Å². The van der Waals surface area contributed by atoms with Crippen LogP contribution in [-0.2, 0) is 19.0 Å². The molecule has 21 heavy (non-hydrogen) atoms. The molecule has 0 fully saturated rings. The smallest absolute Gasteiger partial charge is 0.323 e. The quantitative estimate of drug-likeness (QED) is 0.476. The fourth-order valence-electron chi connectivity index (χ4n) is 2.03. The molecule has 1 atom stereocenters. The van der Waals surface area contributed by atoms with Gasteiger partial charge in [0, 0.05) is 33.0 Å². The SMILES string of the molecule is COCCCOCCOCCCC(C)(NC(C)C)C(=O)O. The number of nitrogens with one attached hydrogen (secondary N) is 1. The molecule has 0 amide bonds. The lowest BCUT2D eigenvalue weighted by atomic mass is 9.95. The number of hydrogen-bond acceptors (Lipinski definition) is 5. The number of ether oxygens (including phenoxy) is 3. The Morgan fingerprint density at radius 1 is 1.10 bits per heavy atom. The number of carboxylic acid groups (broad SMARTS) is 1. The summed E-state index contributed by atoms with van der Waals surface area (Å²) < 4.78 is 15.7. The highest BCUT2D eigenvalue weighted by atomic mass is 16.5. The molecular formula is C15H31NO5. The maximum absolute atomic E-state index is 11.3. The average Bonchev–Trinajstić information content (AvgIpc) is 2.40. The van der Waals surface area contributed by atoms with E-state index in [2.05, 4.69) is 5.32 Å². The average molecular weight is 305 g/mol. The lowest BCUT2D eigenvalue weighted by molar-refractivity contribution is -0.145. The van der Waals surface area contributed by atoms with Gasteiger partial charge in [-0.15, -0.1) is 0 Å². The zero-order valence-corrected chi connectivity index (χ0v) is 13.8. The van der Waals surface area contributed by atoms with Crippen molar-refractivity contribution in [3.63, 3.8) is 0 Å². The minimum Gasteiger partial charge on any atom is -0.480 e. The first kappa shape index (κ1) is 20.3. The Balaban J connectivity index is 3.61. The van der Waals surface area contributed by atoms with Crippen molar-refractivity contribution in [1.82, 2.24) is 5.32 Å². The van der Waals surface area contributed by atoms with E-state index >= 15 is 0 Å². The second kappa shape index (κ2) is 11.9. The van der Waals surface area contributed by atoms with Gasteiger partial charge in [0.15, 0.2) is 0 Å². The van der Waals surface area contributed by atoms with Gasteiger partial charge in [-0.25, -0.2) is 0 Å². The largest absolute Gasteiger partial charge is 0.480 e. The number of carboxylic acids is 1. The van der Waals surface area contributed by atoms with E-state index in [0.29, 0.717) is 45.9 Å². The Hall–Kier alpha value is -0.690. The number of hydrogen-bond donors (Lipinski definition) is 2. The van der Waals surface area contributed by atoms with Crippen LogP contribution in [-0.4, -0.2) is 62.8 Å². The molecule has 0 aromatic rings. The molecule has 0 radical (unpaired) electrons. The normalized spacial score (nSPS) is 14.3. The molecule has 0 bridgehead atoms. The summed E-state index contributed by atoms with van der Waals surface area (Å²) in [4.78, 5) is 11.3. The van der Waals surface area contributed by atoms with E-state index in [1.807, 2.05) is 13.8 Å². The van der Waals surface area contributed by atoms with Gasteiger partial charge in [-0.2, -0.15) is 0 Å². The Morgan fingerprint density at radius 3 is 2.14 bits per heavy atom. The van der Waals surface area contributed by atoms with Gasteiger partial charge in [-0.05, 0) is 40.0 Å². The predicted octanol–water partition coefficient (Wildman–Crippen LogP) is 1.68. The first-order valence-electron chi connectivity index (χ1n) is 7.58. The van der Waals surface area contributed by atoms with Gasteiger partial charge >= 0.3 is 5.97 Å². The molecule has 0 aliphatic carbocycles. The van der Waals surface area contributed by atoms with Crippen LogP contribution in [0.1, 0.15) is 40.0 Å². The molecule has 1 unspecified atom stereocenters. The van der Waals surface area contributed by atoms with E-state index in [1.54, 1.807) is 14.0 Å². The number of rotatable bonds is 14. The minimum absolute atomic E-state index is 0.132. The fourth-order valence-corrected chi connectivity index (χ4v) is 2.03. The molecule has 0 rings (SSSR count). The third kappa shape index (κ3) is 10.6. The standard InChI is InChI=1S/C15H31NO5/c1-13(2)16-15(3,14(17)18)7-5-9-20-11-12-21-10-6-8-19-4/h13,16H,5-12H2,1-4H3,(H,17,18). The first-order chi connectivity index (χ1) is 9.92. The predicted molar refractivity (Wildman–Crippen MR) is 81.7 cm³/mol. The molecule has 0 spiro atoms. The lowest BCUT2D eigenvalue weighted by Gasteiger charge is -2.28. The second-order valence-corrected chi connectivity index (χ2v) is 5.61. The highest BCUT2D eigenvalue weighted by Gasteiger charge is 2.32. The van der Waals surface area contributed by atoms with Crippen LogP contribution in [0.25, 0.3) is 0 Å². The molecule has 0 heterocycles. The second-order valence-electron chi connectivity index (χ2n) is 5.61. The summed E-state index contributed by atoms with van der Waals surface area (Å²) in [7, 11) is 1.67. The molecule has 6 heteroatoms. The molecule has 0 aromatic carbocycles. The summed E-state index contributed by atoms with van der Waals surface area (Å²) in [6, 6.07) is 0.132. The van der Waals surface area contributed by atoms with Crippen molar-refractivity contribution in [2.45, 2.75) is 51.6 Å². The summed E-state index contributed by atoms with van der Waals surface area (Å²) >= 11 is 0. The molecule has 0 aliphatic heterocycles. The Kier molecular flexibility index (Phi) is 11.5. The third-order valence-corrected chi connectivity index (χ3v) is 3.05. The van der Waals surface area contributed by atoms with Crippen molar-refractivity contribution in [2.24, 2.45) is 0 Å². The van der Waals surface area contributed by atoms with E-state index in [4.69, 9.17) is 14.2 Å². The zero-order chi connectivity index (χ0) is 16.1. The van der Waals surface area contributed by atoms with E-state index in [1.165, 1.54) is 0 Å². The van der Waals surface area contributed by atoms with Crippen LogP contribution in [0.15, 0.2) is 0 Å². The highest BCUT2D eigenvalue weighted by molar-refractivity contribution is 5.78. The van der Waals surface area contributed by atoms with Gasteiger partial charge < -0.3 is 19.3 Å². The summed E-state index contributed by atoms with van der Waals surface area (Å²) in [6.45, 7) is 8.62. The molecule has 126 valence electrons. The van der Waals surface area contributed by atoms with Crippen LogP contribution < -0.4 is 5.32 Å². The van der Waals surface area contributed by atoms with Crippen molar-refractivity contribution in [1.29, 1.82) is 0 Å². The maximum Gasteiger partial charge on any atom is 0.323 e. The van der Waals surface area contributed by atoms with E-state index in [0.717, 1.165) is 6.42 Å². The van der Waals surface area contributed by atoms with Crippen LogP contribution in [0.5, 0.6) is 0 Å². The molecule has 0 saturated heterocycles. The van der Waals surface area contributed by atoms with Crippen molar-refractivity contribution in [2.75, 3.05) is 40.1 Å². The van der Waals surface area contributed by atoms with E-state index < -0.39 is 11.5 Å². The van der Waals surface area contributed by atoms with Gasteiger partial charge in [0.25, 0.3) is 0 Å². The van der Waals surface area contributed by atoms with Gasteiger partial charge in [-0.1, -0.05) is 0 Å². The Morgan fingerprint density at radius 2 is 1.67 bits per heavy atom. The van der Waals surface area contributed by atoms with Crippen LogP contribution in [0.4, 0.5) is 0 Å². The van der Waals surface area contributed by atoms with Crippen LogP contribution in [0.3, 0.4) is 0 Å². The fraction of sp³-hybridized carbons (Fsp3) is 0.933. The lowest BCUT2D eigenvalue weighted by Crippen LogP contribution is -2.52. The Labute approximate surface area is 128 Å². The molecule has 2 N–H and O–H groups in total. The summed E-state index contributed by atoms with van der Waals surface area (Å²) in [5, 5.41) is 12.4. The van der Waals surface area contributed by atoms with Crippen molar-refractivity contribution in [3.05, 3.63) is 0 Å². The van der Waals surface area contributed by atoms with Crippen LogP contribution in [0.2, 0.25) is 0 Å². The van der Waals surface area contributed by atoms with E-state index in [9.17, 15) is 9.90 Å². The van der Waals surface area contributed by atoms with Crippen molar-refractivity contribution >= 4 is 5.97 Å². The molecular weight excluding hydrogens is 274 g/mol. The monoisotopic (exact) mass is 305 g/mol. The number of aliphatic carboxylic acids is 1. The van der Waals surface area contributed by atoms with Crippen LogP contribution >= 0.6 is 0 Å².